The number of amides is 1. The smallest absolute Gasteiger partial charge is 0.306 e. The zero-order valence-corrected chi connectivity index (χ0v) is 15.9. The second-order valence-corrected chi connectivity index (χ2v) is 7.46. The monoisotopic (exact) mass is 373 g/mol. The molecule has 0 atom stereocenters. The number of carbonyl (C=O) groups is 3. The molecule has 0 spiro atoms. The molecule has 0 fully saturated rings. The van der Waals surface area contributed by atoms with Gasteiger partial charge in [0, 0.05) is 28.3 Å². The molecular formula is C20H23NO4S. The second kappa shape index (κ2) is 9.87. The van der Waals surface area contributed by atoms with Crippen LogP contribution < -0.4 is 5.32 Å². The second-order valence-electron chi connectivity index (χ2n) is 6.00. The summed E-state index contributed by atoms with van der Waals surface area (Å²) in [4.78, 5) is 37.6. The van der Waals surface area contributed by atoms with Gasteiger partial charge in [-0.1, -0.05) is 30.3 Å². The van der Waals surface area contributed by atoms with Crippen molar-refractivity contribution in [2.45, 2.75) is 33.1 Å². The van der Waals surface area contributed by atoms with Crippen LogP contribution >= 0.6 is 11.3 Å². The molecule has 26 heavy (non-hydrogen) atoms. The van der Waals surface area contributed by atoms with E-state index in [0.29, 0.717) is 18.5 Å². The molecule has 1 N–H and O–H groups in total. The van der Waals surface area contributed by atoms with Crippen molar-refractivity contribution >= 4 is 29.0 Å². The summed E-state index contributed by atoms with van der Waals surface area (Å²) in [6, 6.07) is 11.6. The van der Waals surface area contributed by atoms with E-state index in [4.69, 9.17) is 4.74 Å². The van der Waals surface area contributed by atoms with Gasteiger partial charge in [0.25, 0.3) is 5.91 Å². The van der Waals surface area contributed by atoms with Gasteiger partial charge in [-0.3, -0.25) is 14.4 Å². The van der Waals surface area contributed by atoms with Crippen molar-refractivity contribution < 1.29 is 19.1 Å². The summed E-state index contributed by atoms with van der Waals surface area (Å²) in [5, 5.41) is 2.71. The molecule has 0 aliphatic carbocycles. The molecule has 2 aromatic rings. The zero-order valence-electron chi connectivity index (χ0n) is 15.0. The molecule has 1 amide bonds. The Hall–Kier alpha value is -2.47. The molecule has 1 aromatic carbocycles. The summed E-state index contributed by atoms with van der Waals surface area (Å²) in [5.74, 6) is -0.956. The van der Waals surface area contributed by atoms with E-state index in [9.17, 15) is 14.4 Å². The SMILES string of the molecule is Cc1cc(C(=O)CCC(=O)OCC(=O)NCCc2ccccc2)c(C)s1. The fraction of sp³-hybridized carbons (Fsp3) is 0.350. The van der Waals surface area contributed by atoms with Gasteiger partial charge in [-0.15, -0.1) is 11.3 Å². The maximum atomic E-state index is 12.1. The number of benzene rings is 1. The summed E-state index contributed by atoms with van der Waals surface area (Å²) in [6.45, 7) is 4.00. The fourth-order valence-corrected chi connectivity index (χ4v) is 3.46. The van der Waals surface area contributed by atoms with Gasteiger partial charge in [0.05, 0.1) is 6.42 Å². The molecule has 5 nitrogen and oxygen atoms in total. The highest BCUT2D eigenvalue weighted by Crippen LogP contribution is 2.22. The number of ketones is 1. The first-order valence-electron chi connectivity index (χ1n) is 8.52. The van der Waals surface area contributed by atoms with Gasteiger partial charge >= 0.3 is 5.97 Å². The molecule has 0 bridgehead atoms. The average molecular weight is 373 g/mol. The minimum atomic E-state index is -0.541. The van der Waals surface area contributed by atoms with Crippen molar-refractivity contribution in [3.05, 3.63) is 57.3 Å². The molecule has 0 saturated carbocycles. The number of aryl methyl sites for hydroxylation is 2. The van der Waals surface area contributed by atoms with Crippen LogP contribution in [0.5, 0.6) is 0 Å². The van der Waals surface area contributed by atoms with Gasteiger partial charge in [0.15, 0.2) is 12.4 Å². The van der Waals surface area contributed by atoms with E-state index in [0.717, 1.165) is 15.3 Å². The number of thiophene rings is 1. The largest absolute Gasteiger partial charge is 0.456 e. The number of carbonyl (C=O) groups excluding carboxylic acids is 3. The Morgan fingerprint density at radius 3 is 2.46 bits per heavy atom. The number of ether oxygens (including phenoxy) is 1. The van der Waals surface area contributed by atoms with Crippen LogP contribution in [0.4, 0.5) is 0 Å². The molecule has 0 saturated heterocycles. The quantitative estimate of drug-likeness (QED) is 0.541. The zero-order chi connectivity index (χ0) is 18.9. The predicted molar refractivity (Wildman–Crippen MR) is 101 cm³/mol. The lowest BCUT2D eigenvalue weighted by atomic mass is 10.1. The lowest BCUT2D eigenvalue weighted by Gasteiger charge is -2.07. The van der Waals surface area contributed by atoms with Gasteiger partial charge in [-0.25, -0.2) is 0 Å². The Labute approximate surface area is 157 Å². The Bertz CT molecular complexity index is 767. The number of nitrogens with one attached hydrogen (secondary N) is 1. The van der Waals surface area contributed by atoms with E-state index in [1.165, 1.54) is 0 Å². The molecule has 0 aliphatic heterocycles. The van der Waals surface area contributed by atoms with Crippen LogP contribution in [-0.2, 0) is 20.7 Å². The molecule has 0 radical (unpaired) electrons. The highest BCUT2D eigenvalue weighted by molar-refractivity contribution is 7.12. The molecule has 6 heteroatoms. The summed E-state index contributed by atoms with van der Waals surface area (Å²) in [7, 11) is 0. The predicted octanol–water partition coefficient (Wildman–Crippen LogP) is 3.23. The van der Waals surface area contributed by atoms with Gasteiger partial charge in [-0.05, 0) is 31.9 Å². The molecule has 138 valence electrons. The number of hydrogen-bond donors (Lipinski definition) is 1. The normalized spacial score (nSPS) is 10.4. The fourth-order valence-electron chi connectivity index (χ4n) is 2.52. The van der Waals surface area contributed by atoms with Gasteiger partial charge in [-0.2, -0.15) is 0 Å². The maximum absolute atomic E-state index is 12.1. The van der Waals surface area contributed by atoms with Crippen LogP contribution in [0.1, 0.15) is 38.5 Å². The maximum Gasteiger partial charge on any atom is 0.306 e. The van der Waals surface area contributed by atoms with Crippen LogP contribution in [0.2, 0.25) is 0 Å². The number of rotatable bonds is 9. The van der Waals surface area contributed by atoms with Gasteiger partial charge in [0.1, 0.15) is 0 Å². The number of hydrogen-bond acceptors (Lipinski definition) is 5. The Kier molecular flexibility index (Phi) is 7.53. The molecular weight excluding hydrogens is 350 g/mol. The van der Waals surface area contributed by atoms with E-state index in [-0.39, 0.29) is 31.1 Å². The van der Waals surface area contributed by atoms with Crippen molar-refractivity contribution in [3.8, 4) is 0 Å². The first kappa shape index (κ1) is 19.8. The standard InChI is InChI=1S/C20H23NO4S/c1-14-12-17(15(2)26-14)18(22)8-9-20(24)25-13-19(23)21-11-10-16-6-4-3-5-7-16/h3-7,12H,8-11,13H2,1-2H3,(H,21,23). The number of esters is 1. The molecule has 0 aliphatic rings. The lowest BCUT2D eigenvalue weighted by Crippen LogP contribution is -2.30. The van der Waals surface area contributed by atoms with Crippen LogP contribution in [0.25, 0.3) is 0 Å². The summed E-state index contributed by atoms with van der Waals surface area (Å²) in [6.07, 6.45) is 0.782. The molecule has 1 aromatic heterocycles. The van der Waals surface area contributed by atoms with E-state index < -0.39 is 5.97 Å². The van der Waals surface area contributed by atoms with E-state index in [2.05, 4.69) is 5.32 Å². The third-order valence-corrected chi connectivity index (χ3v) is 4.81. The minimum Gasteiger partial charge on any atom is -0.456 e. The van der Waals surface area contributed by atoms with Crippen molar-refractivity contribution in [1.82, 2.24) is 5.32 Å². The van der Waals surface area contributed by atoms with Crippen LogP contribution in [0.3, 0.4) is 0 Å². The lowest BCUT2D eigenvalue weighted by molar-refractivity contribution is -0.148. The summed E-state index contributed by atoms with van der Waals surface area (Å²) in [5.41, 5.74) is 1.79. The Morgan fingerprint density at radius 1 is 1.08 bits per heavy atom. The summed E-state index contributed by atoms with van der Waals surface area (Å²) >= 11 is 1.56. The van der Waals surface area contributed by atoms with Crippen LogP contribution in [-0.4, -0.2) is 30.8 Å². The van der Waals surface area contributed by atoms with Crippen LogP contribution in [0, 0.1) is 13.8 Å². The van der Waals surface area contributed by atoms with Crippen molar-refractivity contribution in [1.29, 1.82) is 0 Å². The van der Waals surface area contributed by atoms with Gasteiger partial charge in [0.2, 0.25) is 0 Å². The highest BCUT2D eigenvalue weighted by atomic mass is 32.1. The molecule has 1 heterocycles. The van der Waals surface area contributed by atoms with Gasteiger partial charge < -0.3 is 10.1 Å². The van der Waals surface area contributed by atoms with E-state index in [1.54, 1.807) is 11.3 Å². The third-order valence-electron chi connectivity index (χ3n) is 3.84. The minimum absolute atomic E-state index is 0.0234. The van der Waals surface area contributed by atoms with Crippen molar-refractivity contribution in [2.24, 2.45) is 0 Å². The highest BCUT2D eigenvalue weighted by Gasteiger charge is 2.15. The topological polar surface area (TPSA) is 72.5 Å². The molecule has 0 unspecified atom stereocenters. The van der Waals surface area contributed by atoms with E-state index >= 15 is 0 Å². The number of Topliss-reactive ketones (excluding diaryl/α,β-unsaturated/α-hetero) is 1. The average Bonchev–Trinajstić information content (AvgIpc) is 2.97. The van der Waals surface area contributed by atoms with Crippen molar-refractivity contribution in [2.75, 3.05) is 13.2 Å². The Morgan fingerprint density at radius 2 is 1.81 bits per heavy atom. The third kappa shape index (κ3) is 6.44. The molecule has 2 rings (SSSR count). The van der Waals surface area contributed by atoms with Crippen LogP contribution in [0.15, 0.2) is 36.4 Å². The first-order chi connectivity index (χ1) is 12.5. The summed E-state index contributed by atoms with van der Waals surface area (Å²) < 4.78 is 4.93. The first-order valence-corrected chi connectivity index (χ1v) is 9.34. The van der Waals surface area contributed by atoms with E-state index in [1.807, 2.05) is 50.2 Å². The Balaban J connectivity index is 1.62. The van der Waals surface area contributed by atoms with Crippen molar-refractivity contribution in [3.63, 3.8) is 0 Å².